The molecule has 0 bridgehead atoms. The predicted molar refractivity (Wildman–Crippen MR) is 119 cm³/mol. The quantitative estimate of drug-likeness (QED) is 0.180. The molecular weight excluding hydrogens is 314 g/mol. The molecular formula is C25H52N+. The van der Waals surface area contributed by atoms with Crippen molar-refractivity contribution >= 4 is 0 Å². The molecule has 1 aliphatic heterocycles. The molecule has 0 atom stereocenters. The summed E-state index contributed by atoms with van der Waals surface area (Å²) in [7, 11) is 0. The van der Waals surface area contributed by atoms with Gasteiger partial charge in [-0.3, -0.25) is 0 Å². The second kappa shape index (κ2) is 16.0. The van der Waals surface area contributed by atoms with E-state index in [1.165, 1.54) is 140 Å². The number of nitrogens with zero attached hydrogens (tertiary/aromatic N) is 1. The van der Waals surface area contributed by atoms with Crippen molar-refractivity contribution in [2.45, 2.75) is 130 Å². The fourth-order valence-corrected chi connectivity index (χ4v) is 4.94. The molecule has 0 amide bonds. The lowest BCUT2D eigenvalue weighted by Gasteiger charge is -2.42. The van der Waals surface area contributed by atoms with E-state index < -0.39 is 0 Å². The van der Waals surface area contributed by atoms with E-state index in [0.717, 1.165) is 5.92 Å². The van der Waals surface area contributed by atoms with Crippen molar-refractivity contribution in [3.8, 4) is 0 Å². The van der Waals surface area contributed by atoms with Gasteiger partial charge in [-0.25, -0.2) is 0 Å². The zero-order chi connectivity index (χ0) is 18.9. The number of quaternary nitrogens is 1. The molecule has 1 nitrogen and oxygen atoms in total. The number of unbranched alkanes of at least 4 members (excludes halogenated alkanes) is 13. The average Bonchev–Trinajstić information content (AvgIpc) is 2.69. The minimum absolute atomic E-state index is 1.05. The lowest BCUT2D eigenvalue weighted by atomic mass is 9.89. The molecule has 156 valence electrons. The number of hydrogen-bond acceptors (Lipinski definition) is 0. The zero-order valence-electron chi connectivity index (χ0n) is 18.9. The molecule has 1 aliphatic rings. The molecule has 0 N–H and O–H groups in total. The summed E-state index contributed by atoms with van der Waals surface area (Å²) in [5.41, 5.74) is 0. The smallest absolute Gasteiger partial charge is 0.0789 e. The molecule has 0 radical (unpaired) electrons. The minimum atomic E-state index is 1.05. The zero-order valence-corrected chi connectivity index (χ0v) is 18.9. The average molecular weight is 367 g/mol. The lowest BCUT2D eigenvalue weighted by Crippen LogP contribution is -2.52. The van der Waals surface area contributed by atoms with Gasteiger partial charge < -0.3 is 4.48 Å². The molecule has 0 saturated carbocycles. The van der Waals surface area contributed by atoms with E-state index in [4.69, 9.17) is 0 Å². The van der Waals surface area contributed by atoms with Gasteiger partial charge in [0.15, 0.2) is 0 Å². The number of likely N-dealkylation sites (tertiary alicyclic amines) is 1. The van der Waals surface area contributed by atoms with Crippen LogP contribution in [0.2, 0.25) is 0 Å². The van der Waals surface area contributed by atoms with Crippen LogP contribution >= 0.6 is 0 Å². The van der Waals surface area contributed by atoms with E-state index in [2.05, 4.69) is 20.8 Å². The SMILES string of the molecule is CCCCCCCCCCCCCCCCC1CC[N+](CC)(CC)CC1. The first-order valence-corrected chi connectivity index (χ1v) is 12.6. The summed E-state index contributed by atoms with van der Waals surface area (Å²) in [5, 5.41) is 0. The molecule has 1 saturated heterocycles. The van der Waals surface area contributed by atoms with E-state index >= 15 is 0 Å². The van der Waals surface area contributed by atoms with Crippen molar-refractivity contribution in [1.82, 2.24) is 0 Å². The van der Waals surface area contributed by atoms with Gasteiger partial charge in [0.1, 0.15) is 0 Å². The molecule has 0 aliphatic carbocycles. The monoisotopic (exact) mass is 366 g/mol. The number of hydrogen-bond donors (Lipinski definition) is 0. The first-order valence-electron chi connectivity index (χ1n) is 12.6. The molecule has 0 unspecified atom stereocenters. The molecule has 1 heteroatoms. The van der Waals surface area contributed by atoms with Gasteiger partial charge in [0.05, 0.1) is 26.2 Å². The predicted octanol–water partition coefficient (Wildman–Crippen LogP) is 8.12. The molecule has 0 spiro atoms. The third-order valence-electron chi connectivity index (χ3n) is 7.33. The van der Waals surface area contributed by atoms with Gasteiger partial charge in [0, 0.05) is 0 Å². The Balaban J connectivity index is 1.80. The molecule has 0 aromatic rings. The fourth-order valence-electron chi connectivity index (χ4n) is 4.94. The maximum atomic E-state index is 2.39. The summed E-state index contributed by atoms with van der Waals surface area (Å²) in [5.74, 6) is 1.05. The number of piperidine rings is 1. The van der Waals surface area contributed by atoms with Crippen LogP contribution in [-0.4, -0.2) is 30.7 Å². The van der Waals surface area contributed by atoms with Crippen molar-refractivity contribution in [2.24, 2.45) is 5.92 Å². The highest BCUT2D eigenvalue weighted by Gasteiger charge is 2.30. The maximum absolute atomic E-state index is 2.39. The normalized spacial score (nSPS) is 17.7. The van der Waals surface area contributed by atoms with Crippen molar-refractivity contribution in [3.05, 3.63) is 0 Å². The van der Waals surface area contributed by atoms with Gasteiger partial charge in [-0.1, -0.05) is 103 Å². The van der Waals surface area contributed by atoms with E-state index in [0.29, 0.717) is 0 Å². The molecule has 1 fully saturated rings. The van der Waals surface area contributed by atoms with Gasteiger partial charge in [-0.15, -0.1) is 0 Å². The van der Waals surface area contributed by atoms with Crippen LogP contribution in [-0.2, 0) is 0 Å². The van der Waals surface area contributed by atoms with E-state index in [9.17, 15) is 0 Å². The third-order valence-corrected chi connectivity index (χ3v) is 7.33. The molecule has 0 aromatic carbocycles. The topological polar surface area (TPSA) is 0 Å². The highest BCUT2D eigenvalue weighted by molar-refractivity contribution is 4.65. The summed E-state index contributed by atoms with van der Waals surface area (Å²) >= 11 is 0. The molecule has 1 heterocycles. The van der Waals surface area contributed by atoms with Crippen LogP contribution in [0, 0.1) is 5.92 Å². The van der Waals surface area contributed by atoms with Crippen molar-refractivity contribution in [2.75, 3.05) is 26.2 Å². The Labute approximate surface area is 166 Å². The highest BCUT2D eigenvalue weighted by atomic mass is 15.3. The van der Waals surface area contributed by atoms with E-state index in [1.807, 2.05) is 0 Å². The Morgan fingerprint density at radius 1 is 0.538 bits per heavy atom. The standard InChI is InChI=1S/C25H52N/c1-4-7-8-9-10-11-12-13-14-15-16-17-18-19-20-25-21-23-26(5-2,6-3)24-22-25/h25H,4-24H2,1-3H3/q+1. The summed E-state index contributed by atoms with van der Waals surface area (Å²) in [6.45, 7) is 12.7. The van der Waals surface area contributed by atoms with Gasteiger partial charge in [0.25, 0.3) is 0 Å². The Kier molecular flexibility index (Phi) is 14.7. The van der Waals surface area contributed by atoms with Crippen LogP contribution in [0.15, 0.2) is 0 Å². The third kappa shape index (κ3) is 11.0. The first-order chi connectivity index (χ1) is 12.8. The van der Waals surface area contributed by atoms with Gasteiger partial charge in [0.2, 0.25) is 0 Å². The van der Waals surface area contributed by atoms with Crippen LogP contribution in [0.5, 0.6) is 0 Å². The minimum Gasteiger partial charge on any atom is -0.324 e. The van der Waals surface area contributed by atoms with Crippen molar-refractivity contribution < 1.29 is 4.48 Å². The molecule has 1 rings (SSSR count). The maximum Gasteiger partial charge on any atom is 0.0789 e. The molecule has 26 heavy (non-hydrogen) atoms. The highest BCUT2D eigenvalue weighted by Crippen LogP contribution is 2.27. The Bertz CT molecular complexity index is 285. The second-order valence-corrected chi connectivity index (χ2v) is 9.25. The van der Waals surface area contributed by atoms with Crippen molar-refractivity contribution in [1.29, 1.82) is 0 Å². The van der Waals surface area contributed by atoms with Gasteiger partial charge >= 0.3 is 0 Å². The van der Waals surface area contributed by atoms with Gasteiger partial charge in [-0.2, -0.15) is 0 Å². The van der Waals surface area contributed by atoms with Crippen LogP contribution < -0.4 is 0 Å². The van der Waals surface area contributed by atoms with Gasteiger partial charge in [-0.05, 0) is 32.6 Å². The summed E-state index contributed by atoms with van der Waals surface area (Å²) in [6, 6.07) is 0. The van der Waals surface area contributed by atoms with Crippen LogP contribution in [0.3, 0.4) is 0 Å². The Morgan fingerprint density at radius 2 is 0.923 bits per heavy atom. The summed E-state index contributed by atoms with van der Waals surface area (Å²) in [4.78, 5) is 0. The number of rotatable bonds is 17. The lowest BCUT2D eigenvalue weighted by molar-refractivity contribution is -0.930. The van der Waals surface area contributed by atoms with E-state index in [1.54, 1.807) is 0 Å². The summed E-state index contributed by atoms with van der Waals surface area (Å²) in [6.07, 6.45) is 25.2. The van der Waals surface area contributed by atoms with Crippen LogP contribution in [0.4, 0.5) is 0 Å². The molecule has 0 aromatic heterocycles. The first kappa shape index (κ1) is 24.0. The van der Waals surface area contributed by atoms with Crippen LogP contribution in [0.1, 0.15) is 130 Å². The summed E-state index contributed by atoms with van der Waals surface area (Å²) < 4.78 is 1.40. The Hall–Kier alpha value is -0.0400. The van der Waals surface area contributed by atoms with Crippen molar-refractivity contribution in [3.63, 3.8) is 0 Å². The largest absolute Gasteiger partial charge is 0.324 e. The second-order valence-electron chi connectivity index (χ2n) is 9.25. The Morgan fingerprint density at radius 3 is 1.31 bits per heavy atom. The van der Waals surface area contributed by atoms with E-state index in [-0.39, 0.29) is 0 Å². The fraction of sp³-hybridized carbons (Fsp3) is 1.00. The van der Waals surface area contributed by atoms with Crippen LogP contribution in [0.25, 0.3) is 0 Å².